The molecule has 0 saturated heterocycles. The Morgan fingerprint density at radius 2 is 2.05 bits per heavy atom. The third kappa shape index (κ3) is 3.72. The fraction of sp³-hybridized carbons (Fsp3) is 0.471. The van der Waals surface area contributed by atoms with Crippen molar-refractivity contribution in [3.63, 3.8) is 0 Å². The van der Waals surface area contributed by atoms with Crippen LogP contribution in [0.1, 0.15) is 25.3 Å². The third-order valence-corrected chi connectivity index (χ3v) is 3.80. The van der Waals surface area contributed by atoms with E-state index in [0.29, 0.717) is 12.8 Å². The van der Waals surface area contributed by atoms with Crippen LogP contribution in [0.5, 0.6) is 11.5 Å². The summed E-state index contributed by atoms with van der Waals surface area (Å²) in [4.78, 5) is 4.66. The predicted octanol–water partition coefficient (Wildman–Crippen LogP) is 2.23. The van der Waals surface area contributed by atoms with Gasteiger partial charge < -0.3 is 20.1 Å². The van der Waals surface area contributed by atoms with Gasteiger partial charge in [0.2, 0.25) is 6.79 Å². The molecule has 1 aliphatic carbocycles. The molecule has 5 nitrogen and oxygen atoms in total. The fourth-order valence-electron chi connectivity index (χ4n) is 2.64. The predicted molar refractivity (Wildman–Crippen MR) is 87.5 cm³/mol. The van der Waals surface area contributed by atoms with Gasteiger partial charge >= 0.3 is 0 Å². The SMILES string of the molecule is CCNC(=NCCc1ccc2c(c1)OCO2)NC1CC=CC1. The first-order chi connectivity index (χ1) is 10.8. The average Bonchev–Trinajstić information content (AvgIpc) is 3.18. The Hall–Kier alpha value is -2.17. The summed E-state index contributed by atoms with van der Waals surface area (Å²) in [5, 5.41) is 6.78. The highest BCUT2D eigenvalue weighted by Gasteiger charge is 2.13. The topological polar surface area (TPSA) is 54.9 Å². The van der Waals surface area contributed by atoms with E-state index in [1.54, 1.807) is 0 Å². The van der Waals surface area contributed by atoms with Gasteiger partial charge in [0.15, 0.2) is 17.5 Å². The van der Waals surface area contributed by atoms with Crippen LogP contribution in [0.2, 0.25) is 0 Å². The molecular formula is C17H23N3O2. The molecule has 0 saturated carbocycles. The smallest absolute Gasteiger partial charge is 0.231 e. The molecule has 3 rings (SSSR count). The summed E-state index contributed by atoms with van der Waals surface area (Å²) in [6, 6.07) is 6.56. The summed E-state index contributed by atoms with van der Waals surface area (Å²) in [7, 11) is 0. The molecule has 0 bridgehead atoms. The van der Waals surface area contributed by atoms with Gasteiger partial charge in [0.1, 0.15) is 0 Å². The first-order valence-corrected chi connectivity index (χ1v) is 7.93. The Morgan fingerprint density at radius 3 is 2.86 bits per heavy atom. The van der Waals surface area contributed by atoms with Gasteiger partial charge in [0, 0.05) is 19.1 Å². The quantitative estimate of drug-likeness (QED) is 0.497. The lowest BCUT2D eigenvalue weighted by molar-refractivity contribution is 0.174. The Balaban J connectivity index is 1.54. The standard InChI is InChI=1S/C17H23N3O2/c1-2-18-17(20-14-5-3-4-6-14)19-10-9-13-7-8-15-16(11-13)22-12-21-15/h3-4,7-8,11,14H,2,5-6,9-10,12H2,1H3,(H2,18,19,20). The largest absolute Gasteiger partial charge is 0.454 e. The van der Waals surface area contributed by atoms with Crippen molar-refractivity contribution in [1.29, 1.82) is 0 Å². The summed E-state index contributed by atoms with van der Waals surface area (Å²) in [6.45, 7) is 4.02. The number of benzene rings is 1. The van der Waals surface area contributed by atoms with Gasteiger partial charge in [0.05, 0.1) is 0 Å². The van der Waals surface area contributed by atoms with Crippen LogP contribution < -0.4 is 20.1 Å². The molecule has 1 aromatic rings. The van der Waals surface area contributed by atoms with E-state index < -0.39 is 0 Å². The third-order valence-electron chi connectivity index (χ3n) is 3.80. The van der Waals surface area contributed by atoms with Crippen LogP contribution in [0.25, 0.3) is 0 Å². The van der Waals surface area contributed by atoms with E-state index in [1.165, 1.54) is 5.56 Å². The zero-order valence-electron chi connectivity index (χ0n) is 13.0. The number of hydrogen-bond donors (Lipinski definition) is 2. The molecule has 118 valence electrons. The maximum absolute atomic E-state index is 5.40. The lowest BCUT2D eigenvalue weighted by Crippen LogP contribution is -2.42. The average molecular weight is 301 g/mol. The first-order valence-electron chi connectivity index (χ1n) is 7.93. The van der Waals surface area contributed by atoms with Gasteiger partial charge in [0.25, 0.3) is 0 Å². The van der Waals surface area contributed by atoms with Crippen LogP contribution in [0.4, 0.5) is 0 Å². The number of aliphatic imine (C=N–C) groups is 1. The molecular weight excluding hydrogens is 278 g/mol. The minimum Gasteiger partial charge on any atom is -0.454 e. The highest BCUT2D eigenvalue weighted by atomic mass is 16.7. The van der Waals surface area contributed by atoms with Gasteiger partial charge in [-0.3, -0.25) is 4.99 Å². The van der Waals surface area contributed by atoms with E-state index in [1.807, 2.05) is 12.1 Å². The van der Waals surface area contributed by atoms with Crippen LogP contribution in [0, 0.1) is 0 Å². The molecule has 0 unspecified atom stereocenters. The minimum absolute atomic E-state index is 0.320. The van der Waals surface area contributed by atoms with Crippen LogP contribution >= 0.6 is 0 Å². The monoisotopic (exact) mass is 301 g/mol. The second kappa shape index (κ2) is 7.20. The van der Waals surface area contributed by atoms with Gasteiger partial charge in [-0.05, 0) is 43.9 Å². The number of rotatable bonds is 5. The Morgan fingerprint density at radius 1 is 1.23 bits per heavy atom. The summed E-state index contributed by atoms with van der Waals surface area (Å²) >= 11 is 0. The number of nitrogens with one attached hydrogen (secondary N) is 2. The van der Waals surface area contributed by atoms with Crippen LogP contribution in [-0.4, -0.2) is 31.9 Å². The highest BCUT2D eigenvalue weighted by Crippen LogP contribution is 2.32. The van der Waals surface area contributed by atoms with E-state index >= 15 is 0 Å². The van der Waals surface area contributed by atoms with Crippen molar-refractivity contribution < 1.29 is 9.47 Å². The fourth-order valence-corrected chi connectivity index (χ4v) is 2.64. The van der Waals surface area contributed by atoms with Gasteiger partial charge in [-0.25, -0.2) is 0 Å². The number of guanidine groups is 1. The molecule has 5 heteroatoms. The first kappa shape index (κ1) is 14.8. The van der Waals surface area contributed by atoms with E-state index in [-0.39, 0.29) is 0 Å². The lowest BCUT2D eigenvalue weighted by atomic mass is 10.1. The lowest BCUT2D eigenvalue weighted by Gasteiger charge is -2.16. The summed E-state index contributed by atoms with van der Waals surface area (Å²) in [6.07, 6.45) is 7.47. The highest BCUT2D eigenvalue weighted by molar-refractivity contribution is 5.80. The molecule has 0 spiro atoms. The molecule has 1 heterocycles. The Labute approximate surface area is 131 Å². The molecule has 2 N–H and O–H groups in total. The molecule has 0 aromatic heterocycles. The van der Waals surface area contributed by atoms with Crippen molar-refractivity contribution in [2.75, 3.05) is 19.9 Å². The zero-order chi connectivity index (χ0) is 15.2. The zero-order valence-corrected chi connectivity index (χ0v) is 13.0. The van der Waals surface area contributed by atoms with Crippen LogP contribution in [0.15, 0.2) is 35.3 Å². The molecule has 1 aromatic carbocycles. The molecule has 2 aliphatic rings. The Kier molecular flexibility index (Phi) is 4.83. The van der Waals surface area contributed by atoms with Crippen molar-refractivity contribution in [3.8, 4) is 11.5 Å². The summed E-state index contributed by atoms with van der Waals surface area (Å²) < 4.78 is 10.7. The molecule has 22 heavy (non-hydrogen) atoms. The van der Waals surface area contributed by atoms with E-state index in [0.717, 1.165) is 49.8 Å². The van der Waals surface area contributed by atoms with Crippen molar-refractivity contribution in [2.45, 2.75) is 32.2 Å². The molecule has 1 aliphatic heterocycles. The number of ether oxygens (including phenoxy) is 2. The Bertz CT molecular complexity index is 561. The van der Waals surface area contributed by atoms with Crippen molar-refractivity contribution in [1.82, 2.24) is 10.6 Å². The van der Waals surface area contributed by atoms with Gasteiger partial charge in [-0.1, -0.05) is 18.2 Å². The number of fused-ring (bicyclic) bond motifs is 1. The van der Waals surface area contributed by atoms with Crippen LogP contribution in [-0.2, 0) is 6.42 Å². The number of nitrogens with zero attached hydrogens (tertiary/aromatic N) is 1. The van der Waals surface area contributed by atoms with Crippen molar-refractivity contribution >= 4 is 5.96 Å². The normalized spacial score (nSPS) is 17.0. The van der Waals surface area contributed by atoms with E-state index in [9.17, 15) is 0 Å². The second-order valence-electron chi connectivity index (χ2n) is 5.48. The van der Waals surface area contributed by atoms with Crippen LogP contribution in [0.3, 0.4) is 0 Å². The van der Waals surface area contributed by atoms with E-state index in [2.05, 4.69) is 40.8 Å². The molecule has 0 fully saturated rings. The number of hydrogen-bond acceptors (Lipinski definition) is 3. The van der Waals surface area contributed by atoms with E-state index in [4.69, 9.17) is 9.47 Å². The second-order valence-corrected chi connectivity index (χ2v) is 5.48. The van der Waals surface area contributed by atoms with Gasteiger partial charge in [-0.15, -0.1) is 0 Å². The van der Waals surface area contributed by atoms with Gasteiger partial charge in [-0.2, -0.15) is 0 Å². The van der Waals surface area contributed by atoms with Crippen molar-refractivity contribution in [3.05, 3.63) is 35.9 Å². The maximum Gasteiger partial charge on any atom is 0.231 e. The maximum atomic E-state index is 5.40. The molecule has 0 atom stereocenters. The summed E-state index contributed by atoms with van der Waals surface area (Å²) in [5.41, 5.74) is 1.21. The molecule has 0 radical (unpaired) electrons. The molecule has 0 amide bonds. The minimum atomic E-state index is 0.320. The summed E-state index contributed by atoms with van der Waals surface area (Å²) in [5.74, 6) is 2.57. The van der Waals surface area contributed by atoms with Crippen molar-refractivity contribution in [2.24, 2.45) is 4.99 Å².